The number of fused-ring (bicyclic) bond motifs is 1. The number of nitrogens with zero attached hydrogens (tertiary/aromatic N) is 1. The van der Waals surface area contributed by atoms with Gasteiger partial charge in [0, 0.05) is 5.39 Å². The van der Waals surface area contributed by atoms with Crippen LogP contribution in [0, 0.1) is 0 Å². The minimum atomic E-state index is -1.28. The molecule has 0 aliphatic carbocycles. The van der Waals surface area contributed by atoms with Gasteiger partial charge in [0.1, 0.15) is 22.3 Å². The minimum absolute atomic E-state index is 0.347. The lowest BCUT2D eigenvalue weighted by Gasteiger charge is -2.14. The van der Waals surface area contributed by atoms with E-state index < -0.39 is 17.0 Å². The number of hydrogen-bond acceptors (Lipinski definition) is 4. The Hall–Kier alpha value is -1.92. The summed E-state index contributed by atoms with van der Waals surface area (Å²) >= 11 is 0. The first-order valence-electron chi connectivity index (χ1n) is 6.28. The highest BCUT2D eigenvalue weighted by Gasteiger charge is 2.17. The third-order valence-corrected chi connectivity index (χ3v) is 4.48. The van der Waals surface area contributed by atoms with Gasteiger partial charge >= 0.3 is 5.97 Å². The SMILES string of the molecule is COC(=O)c1cc2cccc(S(=O)N(C)C)c2cc1OC. The molecule has 1 atom stereocenters. The summed E-state index contributed by atoms with van der Waals surface area (Å²) in [5, 5.41) is 1.60. The fraction of sp³-hybridized carbons (Fsp3) is 0.267. The lowest BCUT2D eigenvalue weighted by molar-refractivity contribution is 0.0597. The molecule has 0 bridgehead atoms. The van der Waals surface area contributed by atoms with Crippen molar-refractivity contribution in [2.24, 2.45) is 0 Å². The van der Waals surface area contributed by atoms with Gasteiger partial charge in [-0.25, -0.2) is 13.3 Å². The average Bonchev–Trinajstić information content (AvgIpc) is 2.51. The highest BCUT2D eigenvalue weighted by Crippen LogP contribution is 2.30. The molecule has 112 valence electrons. The third kappa shape index (κ3) is 2.91. The highest BCUT2D eigenvalue weighted by atomic mass is 32.2. The van der Waals surface area contributed by atoms with Crippen LogP contribution in [0.3, 0.4) is 0 Å². The number of methoxy groups -OCH3 is 2. The summed E-state index contributed by atoms with van der Waals surface area (Å²) < 4.78 is 24.0. The molecule has 0 saturated carbocycles. The number of ether oxygens (including phenoxy) is 2. The lowest BCUT2D eigenvalue weighted by Crippen LogP contribution is -2.15. The summed E-state index contributed by atoms with van der Waals surface area (Å²) in [6, 6.07) is 8.88. The molecule has 2 rings (SSSR count). The van der Waals surface area contributed by atoms with E-state index >= 15 is 0 Å². The summed E-state index contributed by atoms with van der Waals surface area (Å²) in [5.74, 6) is -0.0644. The molecule has 6 heteroatoms. The van der Waals surface area contributed by atoms with Gasteiger partial charge in [-0.1, -0.05) is 12.1 Å². The van der Waals surface area contributed by atoms with E-state index in [1.807, 2.05) is 12.1 Å². The molecule has 0 aliphatic heterocycles. The fourth-order valence-corrected chi connectivity index (χ4v) is 3.02. The molecule has 0 N–H and O–H groups in total. The topological polar surface area (TPSA) is 55.8 Å². The van der Waals surface area contributed by atoms with Crippen molar-refractivity contribution in [3.05, 3.63) is 35.9 Å². The smallest absolute Gasteiger partial charge is 0.341 e. The summed E-state index contributed by atoms with van der Waals surface area (Å²) in [4.78, 5) is 12.5. The number of carbonyl (C=O) groups is 1. The number of hydrogen-bond donors (Lipinski definition) is 0. The van der Waals surface area contributed by atoms with Gasteiger partial charge in [0.25, 0.3) is 0 Å². The molecular weight excluding hydrogens is 290 g/mol. The Labute approximate surface area is 126 Å². The number of carbonyl (C=O) groups excluding carboxylic acids is 1. The van der Waals surface area contributed by atoms with Crippen molar-refractivity contribution >= 4 is 27.7 Å². The summed E-state index contributed by atoms with van der Waals surface area (Å²) in [7, 11) is 5.02. The monoisotopic (exact) mass is 307 g/mol. The van der Waals surface area contributed by atoms with Crippen molar-refractivity contribution in [3.8, 4) is 5.75 Å². The quantitative estimate of drug-likeness (QED) is 0.813. The van der Waals surface area contributed by atoms with Crippen molar-refractivity contribution in [2.45, 2.75) is 4.90 Å². The summed E-state index contributed by atoms with van der Waals surface area (Å²) in [6.45, 7) is 0. The molecule has 0 aliphatic rings. The number of rotatable bonds is 4. The van der Waals surface area contributed by atoms with Gasteiger partial charge in [-0.05, 0) is 37.7 Å². The van der Waals surface area contributed by atoms with Crippen molar-refractivity contribution in [1.82, 2.24) is 4.31 Å². The van der Waals surface area contributed by atoms with Crippen LogP contribution in [0.4, 0.5) is 0 Å². The zero-order valence-corrected chi connectivity index (χ0v) is 13.2. The molecule has 0 aromatic heterocycles. The zero-order chi connectivity index (χ0) is 15.6. The van der Waals surface area contributed by atoms with E-state index in [0.717, 1.165) is 10.8 Å². The molecule has 0 fully saturated rings. The molecule has 0 heterocycles. The number of esters is 1. The van der Waals surface area contributed by atoms with Crippen LogP contribution in [0.1, 0.15) is 10.4 Å². The predicted octanol–water partition coefficient (Wildman–Crippen LogP) is 2.22. The van der Waals surface area contributed by atoms with E-state index in [1.54, 1.807) is 36.6 Å². The molecular formula is C15H17NO4S. The maximum Gasteiger partial charge on any atom is 0.341 e. The van der Waals surface area contributed by atoms with E-state index in [4.69, 9.17) is 9.47 Å². The first kappa shape index (κ1) is 15.5. The van der Waals surface area contributed by atoms with Gasteiger partial charge in [-0.3, -0.25) is 0 Å². The molecule has 5 nitrogen and oxygen atoms in total. The van der Waals surface area contributed by atoms with Gasteiger partial charge < -0.3 is 9.47 Å². The van der Waals surface area contributed by atoms with Crippen LogP contribution in [0.5, 0.6) is 5.75 Å². The van der Waals surface area contributed by atoms with E-state index in [2.05, 4.69) is 0 Å². The van der Waals surface area contributed by atoms with Crippen LogP contribution in [0.25, 0.3) is 10.8 Å². The second-order valence-corrected chi connectivity index (χ2v) is 6.25. The average molecular weight is 307 g/mol. The Morgan fingerprint density at radius 1 is 1.19 bits per heavy atom. The minimum Gasteiger partial charge on any atom is -0.496 e. The summed E-state index contributed by atoms with van der Waals surface area (Å²) in [6.07, 6.45) is 0. The fourth-order valence-electron chi connectivity index (χ4n) is 2.06. The van der Waals surface area contributed by atoms with E-state index in [1.165, 1.54) is 14.2 Å². The van der Waals surface area contributed by atoms with Crippen LogP contribution < -0.4 is 4.74 Å². The predicted molar refractivity (Wildman–Crippen MR) is 81.9 cm³/mol. The molecule has 0 saturated heterocycles. The molecule has 2 aromatic carbocycles. The molecule has 1 unspecified atom stereocenters. The Morgan fingerprint density at radius 3 is 2.48 bits per heavy atom. The van der Waals surface area contributed by atoms with Crippen LogP contribution in [-0.4, -0.2) is 42.8 Å². The molecule has 0 spiro atoms. The molecule has 2 aromatic rings. The van der Waals surface area contributed by atoms with Gasteiger partial charge in [-0.15, -0.1) is 0 Å². The molecule has 0 amide bonds. The Morgan fingerprint density at radius 2 is 1.90 bits per heavy atom. The second-order valence-electron chi connectivity index (χ2n) is 4.58. The third-order valence-electron chi connectivity index (χ3n) is 3.09. The Balaban J connectivity index is 2.72. The maximum absolute atomic E-state index is 12.3. The van der Waals surface area contributed by atoms with Crippen molar-refractivity contribution in [1.29, 1.82) is 0 Å². The maximum atomic E-state index is 12.3. The zero-order valence-electron chi connectivity index (χ0n) is 12.4. The molecule has 0 radical (unpaired) electrons. The van der Waals surface area contributed by atoms with Crippen LogP contribution in [0.2, 0.25) is 0 Å². The highest BCUT2D eigenvalue weighted by molar-refractivity contribution is 7.82. The second kappa shape index (κ2) is 6.24. The van der Waals surface area contributed by atoms with Crippen LogP contribution >= 0.6 is 0 Å². The normalized spacial score (nSPS) is 12.4. The Bertz CT molecular complexity index is 712. The van der Waals surface area contributed by atoms with Crippen molar-refractivity contribution < 1.29 is 18.5 Å². The summed E-state index contributed by atoms with van der Waals surface area (Å²) in [5.41, 5.74) is 0.347. The van der Waals surface area contributed by atoms with E-state index in [0.29, 0.717) is 16.2 Å². The van der Waals surface area contributed by atoms with Crippen LogP contribution in [-0.2, 0) is 15.7 Å². The first-order chi connectivity index (χ1) is 9.99. The largest absolute Gasteiger partial charge is 0.496 e. The number of benzene rings is 2. The van der Waals surface area contributed by atoms with Crippen LogP contribution in [0.15, 0.2) is 35.2 Å². The lowest BCUT2D eigenvalue weighted by atomic mass is 10.1. The standard InChI is InChI=1S/C15H17NO4S/c1-16(2)21(18)14-7-5-6-10-8-12(15(17)20-4)13(19-3)9-11(10)14/h5-9H,1-4H3. The van der Waals surface area contributed by atoms with Crippen molar-refractivity contribution in [2.75, 3.05) is 28.3 Å². The van der Waals surface area contributed by atoms with Crippen molar-refractivity contribution in [3.63, 3.8) is 0 Å². The van der Waals surface area contributed by atoms with Gasteiger partial charge in [0.15, 0.2) is 0 Å². The first-order valence-corrected chi connectivity index (χ1v) is 7.38. The van der Waals surface area contributed by atoms with Gasteiger partial charge in [0.05, 0.1) is 19.1 Å². The van der Waals surface area contributed by atoms with Gasteiger partial charge in [-0.2, -0.15) is 0 Å². The van der Waals surface area contributed by atoms with E-state index in [-0.39, 0.29) is 0 Å². The molecule has 21 heavy (non-hydrogen) atoms. The Kier molecular flexibility index (Phi) is 4.59. The van der Waals surface area contributed by atoms with E-state index in [9.17, 15) is 9.00 Å². The van der Waals surface area contributed by atoms with Gasteiger partial charge in [0.2, 0.25) is 0 Å².